The van der Waals surface area contributed by atoms with Gasteiger partial charge < -0.3 is 29.3 Å². The molecule has 0 aliphatic carbocycles. The minimum absolute atomic E-state index is 0.0551. The van der Waals surface area contributed by atoms with Crippen molar-refractivity contribution in [2.75, 3.05) is 26.7 Å². The number of likely N-dealkylation sites (tertiary alicyclic amines) is 1. The predicted molar refractivity (Wildman–Crippen MR) is 163 cm³/mol. The van der Waals surface area contributed by atoms with E-state index in [4.69, 9.17) is 9.47 Å². The SMILES string of the molecule is CC(C)N1CC=C[C@@]23O[C@H]4/C=C\CCC(=O)N(C)[C@@H](C)[C@H](c5ccccc5)OC(=O)[C@H]4[C@@H]2C(=O)N(CCCCCO)[C@H]3C1=O. The molecule has 3 amide bonds. The zero-order chi connectivity index (χ0) is 31.6. The molecule has 0 saturated carbocycles. The molecule has 10 heteroatoms. The number of aliphatic hydroxyl groups is 1. The van der Waals surface area contributed by atoms with Crippen molar-refractivity contribution in [3.05, 3.63) is 60.2 Å². The summed E-state index contributed by atoms with van der Waals surface area (Å²) in [6.45, 7) is 6.47. The molecule has 44 heavy (non-hydrogen) atoms. The van der Waals surface area contributed by atoms with Crippen molar-refractivity contribution >= 4 is 23.7 Å². The fourth-order valence-corrected chi connectivity index (χ4v) is 7.18. The lowest BCUT2D eigenvalue weighted by Gasteiger charge is -2.36. The molecule has 2 fully saturated rings. The summed E-state index contributed by atoms with van der Waals surface area (Å²) < 4.78 is 13.0. The molecule has 4 heterocycles. The number of likely N-dealkylation sites (N-methyl/N-ethyl adjacent to an activating group) is 1. The van der Waals surface area contributed by atoms with Gasteiger partial charge in [-0.05, 0) is 52.0 Å². The van der Waals surface area contributed by atoms with Gasteiger partial charge in [0.25, 0.3) is 0 Å². The summed E-state index contributed by atoms with van der Waals surface area (Å²) >= 11 is 0. The van der Waals surface area contributed by atoms with Crippen LogP contribution >= 0.6 is 0 Å². The minimum atomic E-state index is -1.35. The molecule has 1 spiro atoms. The van der Waals surface area contributed by atoms with Crippen molar-refractivity contribution < 1.29 is 33.8 Å². The molecule has 0 aromatic heterocycles. The predicted octanol–water partition coefficient (Wildman–Crippen LogP) is 3.02. The second kappa shape index (κ2) is 13.2. The maximum Gasteiger partial charge on any atom is 0.313 e. The second-order valence-corrected chi connectivity index (χ2v) is 12.6. The standard InChI is InChI=1S/C34H45N3O7/c1-22(2)36-20-13-18-34-28(31(40)37(30(34)32(36)41)19-11-6-12-21-38)27-25(44-34)16-9-10-17-26(39)35(4)23(3)29(43-33(27)42)24-14-7-5-8-15-24/h5,7-9,13-16,18,22-23,25,27-30,38H,6,10-12,17,19-21H2,1-4H3/b16-9-/t23-,25-,27+,28+,29+,30-,34+/m0/s1. The fourth-order valence-electron chi connectivity index (χ4n) is 7.18. The van der Waals surface area contributed by atoms with Crippen molar-refractivity contribution in [2.24, 2.45) is 11.8 Å². The summed E-state index contributed by atoms with van der Waals surface area (Å²) in [6.07, 6.45) is 8.30. The molecule has 1 aromatic rings. The number of esters is 1. The number of nitrogens with zero attached hydrogens (tertiary/aromatic N) is 3. The average molecular weight is 608 g/mol. The second-order valence-electron chi connectivity index (χ2n) is 12.6. The van der Waals surface area contributed by atoms with Crippen molar-refractivity contribution in [3.63, 3.8) is 0 Å². The molecule has 0 bridgehead atoms. The highest BCUT2D eigenvalue weighted by molar-refractivity contribution is 5.99. The summed E-state index contributed by atoms with van der Waals surface area (Å²) in [5.41, 5.74) is -0.613. The van der Waals surface area contributed by atoms with E-state index in [-0.39, 0.29) is 36.8 Å². The third-order valence-electron chi connectivity index (χ3n) is 9.64. The lowest BCUT2D eigenvalue weighted by Crippen LogP contribution is -2.56. The molecule has 10 nitrogen and oxygen atoms in total. The van der Waals surface area contributed by atoms with Crippen LogP contribution in [0.4, 0.5) is 0 Å². The molecule has 238 valence electrons. The molecule has 0 unspecified atom stereocenters. The quantitative estimate of drug-likeness (QED) is 0.288. The maximum absolute atomic E-state index is 14.4. The van der Waals surface area contributed by atoms with Crippen LogP contribution in [0.1, 0.15) is 64.5 Å². The smallest absolute Gasteiger partial charge is 0.313 e. The number of carbonyl (C=O) groups excluding carboxylic acids is 4. The largest absolute Gasteiger partial charge is 0.455 e. The molecule has 1 N–H and O–H groups in total. The van der Waals surface area contributed by atoms with Gasteiger partial charge in [-0.2, -0.15) is 0 Å². The number of benzene rings is 1. The summed E-state index contributed by atoms with van der Waals surface area (Å²) in [5, 5.41) is 9.29. The van der Waals surface area contributed by atoms with E-state index in [1.807, 2.05) is 69.3 Å². The molecule has 5 rings (SSSR count). The number of rotatable bonds is 7. The number of hydrogen-bond donors (Lipinski definition) is 1. The zero-order valence-electron chi connectivity index (χ0n) is 26.1. The van der Waals surface area contributed by atoms with Crippen LogP contribution in [0.5, 0.6) is 0 Å². The third kappa shape index (κ3) is 5.70. The Hall–Kier alpha value is -3.50. The van der Waals surface area contributed by atoms with E-state index in [1.165, 1.54) is 0 Å². The first kappa shape index (κ1) is 31.9. The lowest BCUT2D eigenvalue weighted by atomic mass is 9.77. The van der Waals surface area contributed by atoms with Crippen LogP contribution in [0.15, 0.2) is 54.6 Å². The van der Waals surface area contributed by atoms with Gasteiger partial charge in [0.2, 0.25) is 17.7 Å². The Kier molecular flexibility index (Phi) is 9.60. The van der Waals surface area contributed by atoms with Crippen molar-refractivity contribution in [1.29, 1.82) is 0 Å². The first-order chi connectivity index (χ1) is 21.1. The summed E-state index contributed by atoms with van der Waals surface area (Å²) in [5.74, 6) is -3.13. The van der Waals surface area contributed by atoms with Gasteiger partial charge in [-0.25, -0.2) is 0 Å². The van der Waals surface area contributed by atoms with Crippen molar-refractivity contribution in [3.8, 4) is 0 Å². The number of hydrogen-bond acceptors (Lipinski definition) is 7. The average Bonchev–Trinajstić information content (AvgIpc) is 3.39. The Bertz CT molecular complexity index is 1300. The Morgan fingerprint density at radius 3 is 2.48 bits per heavy atom. The Labute approximate surface area is 259 Å². The monoisotopic (exact) mass is 607 g/mol. The van der Waals surface area contributed by atoms with Crippen LogP contribution in [-0.2, 0) is 28.7 Å². The van der Waals surface area contributed by atoms with E-state index in [9.17, 15) is 24.3 Å². The molecular formula is C34H45N3O7. The van der Waals surface area contributed by atoms with E-state index in [0.717, 1.165) is 5.56 Å². The number of carbonyl (C=O) groups is 4. The van der Waals surface area contributed by atoms with Crippen LogP contribution < -0.4 is 0 Å². The van der Waals surface area contributed by atoms with E-state index in [2.05, 4.69) is 0 Å². The number of allylic oxidation sites excluding steroid dienone is 1. The molecule has 7 atom stereocenters. The lowest BCUT2D eigenvalue weighted by molar-refractivity contribution is -0.164. The van der Waals surface area contributed by atoms with Crippen molar-refractivity contribution in [1.82, 2.24) is 14.7 Å². The topological polar surface area (TPSA) is 117 Å². The van der Waals surface area contributed by atoms with Crippen LogP contribution in [0.3, 0.4) is 0 Å². The van der Waals surface area contributed by atoms with Crippen LogP contribution in [-0.4, -0.2) is 100 Å². The normalized spacial score (nSPS) is 33.4. The van der Waals surface area contributed by atoms with Crippen LogP contribution in [0.25, 0.3) is 0 Å². The Balaban J connectivity index is 1.58. The van der Waals surface area contributed by atoms with Gasteiger partial charge in [0.15, 0.2) is 0 Å². The number of ether oxygens (including phenoxy) is 2. The van der Waals surface area contributed by atoms with Gasteiger partial charge in [0, 0.05) is 39.2 Å². The molecule has 2 saturated heterocycles. The minimum Gasteiger partial charge on any atom is -0.455 e. The van der Waals surface area contributed by atoms with Gasteiger partial charge in [-0.3, -0.25) is 19.2 Å². The highest BCUT2D eigenvalue weighted by atomic mass is 16.6. The van der Waals surface area contributed by atoms with Gasteiger partial charge in [-0.15, -0.1) is 0 Å². The van der Waals surface area contributed by atoms with Gasteiger partial charge in [-0.1, -0.05) is 54.6 Å². The highest BCUT2D eigenvalue weighted by Crippen LogP contribution is 2.53. The molecular weight excluding hydrogens is 562 g/mol. The van der Waals surface area contributed by atoms with Crippen molar-refractivity contribution in [2.45, 2.75) is 88.8 Å². The van der Waals surface area contributed by atoms with Gasteiger partial charge in [0.1, 0.15) is 23.7 Å². The number of fused-ring (bicyclic) bond motifs is 2. The van der Waals surface area contributed by atoms with E-state index < -0.39 is 47.7 Å². The Morgan fingerprint density at radius 2 is 1.77 bits per heavy atom. The molecule has 0 radical (unpaired) electrons. The maximum atomic E-state index is 14.4. The van der Waals surface area contributed by atoms with E-state index in [0.29, 0.717) is 38.8 Å². The fraction of sp³-hybridized carbons (Fsp3) is 0.588. The number of unbranched alkanes of at least 4 members (excludes halogenated alkanes) is 2. The van der Waals surface area contributed by atoms with Gasteiger partial charge >= 0.3 is 5.97 Å². The number of aliphatic hydroxyl groups excluding tert-OH is 1. The first-order valence-corrected chi connectivity index (χ1v) is 15.9. The summed E-state index contributed by atoms with van der Waals surface area (Å²) in [6, 6.07) is 7.80. The third-order valence-corrected chi connectivity index (χ3v) is 9.64. The summed E-state index contributed by atoms with van der Waals surface area (Å²) in [4.78, 5) is 61.0. The number of cyclic esters (lactones) is 1. The van der Waals surface area contributed by atoms with E-state index >= 15 is 0 Å². The zero-order valence-corrected chi connectivity index (χ0v) is 26.1. The molecule has 4 aliphatic rings. The Morgan fingerprint density at radius 1 is 1.02 bits per heavy atom. The van der Waals surface area contributed by atoms with Gasteiger partial charge in [0.05, 0.1) is 18.1 Å². The molecule has 1 aromatic carbocycles. The number of amides is 3. The van der Waals surface area contributed by atoms with E-state index in [1.54, 1.807) is 27.8 Å². The summed E-state index contributed by atoms with van der Waals surface area (Å²) in [7, 11) is 1.71. The van der Waals surface area contributed by atoms with Crippen LogP contribution in [0.2, 0.25) is 0 Å². The molecule has 4 aliphatic heterocycles. The highest BCUT2D eigenvalue weighted by Gasteiger charge is 2.71. The van der Waals surface area contributed by atoms with Crippen LogP contribution in [0, 0.1) is 11.8 Å². The first-order valence-electron chi connectivity index (χ1n) is 15.9.